The average molecular weight is 405 g/mol. The molecule has 0 radical (unpaired) electrons. The van der Waals surface area contributed by atoms with Gasteiger partial charge in [0.2, 0.25) is 5.82 Å². The highest BCUT2D eigenvalue weighted by Gasteiger charge is 2.35. The first-order valence-electron chi connectivity index (χ1n) is 10.3. The van der Waals surface area contributed by atoms with Crippen LogP contribution in [0.1, 0.15) is 51.6 Å². The summed E-state index contributed by atoms with van der Waals surface area (Å²) in [6.07, 6.45) is 1.84. The number of ketones is 1. The molecule has 1 atom stereocenters. The third-order valence-electron chi connectivity index (χ3n) is 6.01. The molecule has 2 aromatic heterocycles. The fourth-order valence-corrected chi connectivity index (χ4v) is 4.43. The molecule has 4 heterocycles. The van der Waals surface area contributed by atoms with Crippen molar-refractivity contribution in [3.8, 4) is 5.75 Å². The summed E-state index contributed by atoms with van der Waals surface area (Å²) in [6, 6.07) is 9.32. The van der Waals surface area contributed by atoms with Crippen molar-refractivity contribution in [3.63, 3.8) is 0 Å². The number of aryl methyl sites for hydroxylation is 2. The Balaban J connectivity index is 1.27. The molecule has 0 saturated carbocycles. The zero-order chi connectivity index (χ0) is 20.8. The molecule has 1 aromatic carbocycles. The summed E-state index contributed by atoms with van der Waals surface area (Å²) in [5.74, 6) is 1.48. The zero-order valence-electron chi connectivity index (χ0n) is 17.0. The highest BCUT2D eigenvalue weighted by atomic mass is 16.5. The highest BCUT2D eigenvalue weighted by Crippen LogP contribution is 2.33. The van der Waals surface area contributed by atoms with Crippen molar-refractivity contribution < 1.29 is 14.3 Å². The monoisotopic (exact) mass is 405 g/mol. The minimum absolute atomic E-state index is 0.132. The van der Waals surface area contributed by atoms with Gasteiger partial charge in [0.25, 0.3) is 11.7 Å². The predicted octanol–water partition coefficient (Wildman–Crippen LogP) is 2.63. The first kappa shape index (κ1) is 18.7. The van der Waals surface area contributed by atoms with Gasteiger partial charge in [-0.05, 0) is 50.8 Å². The molecule has 0 spiro atoms. The summed E-state index contributed by atoms with van der Waals surface area (Å²) < 4.78 is 7.73. The third-order valence-corrected chi connectivity index (χ3v) is 6.01. The van der Waals surface area contributed by atoms with Gasteiger partial charge < -0.3 is 9.64 Å². The van der Waals surface area contributed by atoms with Gasteiger partial charge >= 0.3 is 0 Å². The second-order valence-electron chi connectivity index (χ2n) is 8.10. The molecule has 2 aliphatic rings. The van der Waals surface area contributed by atoms with Crippen LogP contribution in [0.5, 0.6) is 5.75 Å². The van der Waals surface area contributed by atoms with Gasteiger partial charge in [-0.15, -0.1) is 5.10 Å². The maximum atomic E-state index is 12.9. The van der Waals surface area contributed by atoms with Crippen LogP contribution in [-0.4, -0.2) is 55.4 Å². The maximum Gasteiger partial charge on any atom is 0.293 e. The van der Waals surface area contributed by atoms with E-state index < -0.39 is 0 Å². The molecule has 1 fully saturated rings. The Labute approximate surface area is 173 Å². The van der Waals surface area contributed by atoms with Crippen molar-refractivity contribution in [1.82, 2.24) is 24.5 Å². The lowest BCUT2D eigenvalue weighted by molar-refractivity contribution is 0.0446. The fourth-order valence-electron chi connectivity index (χ4n) is 4.43. The number of carbonyl (C=O) groups excluding carboxylic acids is 2. The predicted molar refractivity (Wildman–Crippen MR) is 109 cm³/mol. The van der Waals surface area contributed by atoms with Crippen molar-refractivity contribution in [2.75, 3.05) is 13.1 Å². The van der Waals surface area contributed by atoms with Crippen molar-refractivity contribution in [1.29, 1.82) is 0 Å². The van der Waals surface area contributed by atoms with Crippen molar-refractivity contribution in [3.05, 3.63) is 53.1 Å². The summed E-state index contributed by atoms with van der Waals surface area (Å²) in [5.41, 5.74) is 2.40. The second-order valence-corrected chi connectivity index (χ2v) is 8.10. The highest BCUT2D eigenvalue weighted by molar-refractivity contribution is 5.99. The van der Waals surface area contributed by atoms with E-state index in [2.05, 4.69) is 15.1 Å². The van der Waals surface area contributed by atoms with Crippen LogP contribution in [0.4, 0.5) is 0 Å². The molecule has 30 heavy (non-hydrogen) atoms. The zero-order valence-corrected chi connectivity index (χ0v) is 17.0. The van der Waals surface area contributed by atoms with Crippen LogP contribution in [0.25, 0.3) is 5.78 Å². The lowest BCUT2D eigenvalue weighted by atomic mass is 9.86. The molecule has 0 aliphatic carbocycles. The topological polar surface area (TPSA) is 89.7 Å². The molecule has 1 amide bonds. The summed E-state index contributed by atoms with van der Waals surface area (Å²) in [4.78, 5) is 35.9. The van der Waals surface area contributed by atoms with Gasteiger partial charge in [0.15, 0.2) is 5.78 Å². The smallest absolute Gasteiger partial charge is 0.293 e. The Kier molecular flexibility index (Phi) is 4.49. The van der Waals surface area contributed by atoms with Gasteiger partial charge in [0.1, 0.15) is 11.9 Å². The largest absolute Gasteiger partial charge is 0.489 e. The fraction of sp³-hybridized carbons (Fsp3) is 0.409. The first-order valence-corrected chi connectivity index (χ1v) is 10.3. The van der Waals surface area contributed by atoms with Crippen molar-refractivity contribution >= 4 is 17.5 Å². The van der Waals surface area contributed by atoms with Crippen LogP contribution < -0.4 is 4.74 Å². The number of para-hydroxylation sites is 1. The molecular weight excluding hydrogens is 382 g/mol. The van der Waals surface area contributed by atoms with E-state index in [4.69, 9.17) is 4.74 Å². The van der Waals surface area contributed by atoms with Crippen LogP contribution in [0.2, 0.25) is 0 Å². The molecule has 1 saturated heterocycles. The lowest BCUT2D eigenvalue weighted by Crippen LogP contribution is -2.44. The molecule has 0 bridgehead atoms. The van der Waals surface area contributed by atoms with Gasteiger partial charge in [-0.25, -0.2) is 9.50 Å². The Morgan fingerprint density at radius 1 is 1.13 bits per heavy atom. The van der Waals surface area contributed by atoms with Gasteiger partial charge in [0.05, 0.1) is 5.56 Å². The molecule has 2 aliphatic heterocycles. The maximum absolute atomic E-state index is 12.9. The Hall–Kier alpha value is -3.29. The van der Waals surface area contributed by atoms with Gasteiger partial charge in [-0.2, -0.15) is 4.98 Å². The molecule has 0 N–H and O–H groups in total. The Morgan fingerprint density at radius 3 is 2.70 bits per heavy atom. The number of ether oxygens (including phenoxy) is 1. The van der Waals surface area contributed by atoms with Crippen molar-refractivity contribution in [2.24, 2.45) is 5.92 Å². The van der Waals surface area contributed by atoms with Crippen LogP contribution in [0.15, 0.2) is 30.3 Å². The van der Waals surface area contributed by atoms with E-state index >= 15 is 0 Å². The number of likely N-dealkylation sites (tertiary alicyclic amines) is 1. The SMILES string of the molecule is Cc1cc(C)n2nc(C(=O)N3CCC([C@@H]4CC(=O)c5ccccc5O4)CC3)nc2n1. The number of hydrogen-bond donors (Lipinski definition) is 0. The van der Waals surface area contributed by atoms with Crippen LogP contribution in [0.3, 0.4) is 0 Å². The van der Waals surface area contributed by atoms with E-state index in [1.165, 1.54) is 0 Å². The summed E-state index contributed by atoms with van der Waals surface area (Å²) in [5, 5.41) is 4.35. The van der Waals surface area contributed by atoms with Gasteiger partial charge in [-0.1, -0.05) is 12.1 Å². The number of Topliss-reactive ketones (excluding diaryl/α,β-unsaturated/α-hetero) is 1. The number of rotatable bonds is 2. The number of aromatic nitrogens is 4. The van der Waals surface area contributed by atoms with E-state index in [-0.39, 0.29) is 29.5 Å². The van der Waals surface area contributed by atoms with E-state index in [0.29, 0.717) is 36.6 Å². The second kappa shape index (κ2) is 7.19. The number of piperidine rings is 1. The van der Waals surface area contributed by atoms with Gasteiger partial charge in [-0.3, -0.25) is 9.59 Å². The number of amides is 1. The quantitative estimate of drug-likeness (QED) is 0.651. The summed E-state index contributed by atoms with van der Waals surface area (Å²) in [6.45, 7) is 5.00. The molecule has 8 heteroatoms. The van der Waals surface area contributed by atoms with Crippen LogP contribution >= 0.6 is 0 Å². The molecule has 0 unspecified atom stereocenters. The molecule has 3 aromatic rings. The third kappa shape index (κ3) is 3.22. The van der Waals surface area contributed by atoms with E-state index in [0.717, 1.165) is 24.2 Å². The minimum atomic E-state index is -0.179. The molecule has 8 nitrogen and oxygen atoms in total. The summed E-state index contributed by atoms with van der Waals surface area (Å²) in [7, 11) is 0. The number of carbonyl (C=O) groups is 2. The average Bonchev–Trinajstić information content (AvgIpc) is 3.18. The molecule has 5 rings (SSSR count). The number of benzene rings is 1. The Bertz CT molecular complexity index is 1150. The van der Waals surface area contributed by atoms with Crippen molar-refractivity contribution in [2.45, 2.75) is 39.2 Å². The van der Waals surface area contributed by atoms with Crippen LogP contribution in [0, 0.1) is 19.8 Å². The number of hydrogen-bond acceptors (Lipinski definition) is 6. The molecular formula is C22H23N5O3. The summed E-state index contributed by atoms with van der Waals surface area (Å²) >= 11 is 0. The Morgan fingerprint density at radius 2 is 1.90 bits per heavy atom. The first-order chi connectivity index (χ1) is 14.5. The number of nitrogens with zero attached hydrogens (tertiary/aromatic N) is 5. The van der Waals surface area contributed by atoms with E-state index in [1.54, 1.807) is 9.42 Å². The van der Waals surface area contributed by atoms with E-state index in [1.807, 2.05) is 44.2 Å². The van der Waals surface area contributed by atoms with E-state index in [9.17, 15) is 9.59 Å². The molecule has 154 valence electrons. The number of fused-ring (bicyclic) bond motifs is 2. The minimum Gasteiger partial charge on any atom is -0.489 e. The van der Waals surface area contributed by atoms with Gasteiger partial charge in [0, 0.05) is 30.9 Å². The standard InChI is InChI=1S/C22H23N5O3/c1-13-11-14(2)27-22(23-13)24-20(25-27)21(29)26-9-7-15(8-10-26)19-12-17(28)16-5-3-4-6-18(16)30-19/h3-6,11,15,19H,7-10,12H2,1-2H3/t19-/m0/s1. The normalized spacial score (nSPS) is 19.6. The van der Waals surface area contributed by atoms with Crippen LogP contribution in [-0.2, 0) is 0 Å². The lowest BCUT2D eigenvalue weighted by Gasteiger charge is -2.37.